The summed E-state index contributed by atoms with van der Waals surface area (Å²) < 4.78 is 3.78. The van der Waals surface area contributed by atoms with E-state index < -0.39 is 0 Å². The average molecular weight is 169 g/mol. The smallest absolute Gasteiger partial charge is 0.0922 e. The Morgan fingerprint density at radius 1 is 1.73 bits per heavy atom. The van der Waals surface area contributed by atoms with Gasteiger partial charge in [-0.25, -0.2) is 0 Å². The number of nitrogens with two attached hydrogens (primary N) is 1. The summed E-state index contributed by atoms with van der Waals surface area (Å²) in [6, 6.07) is 0.126. The van der Waals surface area contributed by atoms with Crippen LogP contribution >= 0.6 is 11.5 Å². The van der Waals surface area contributed by atoms with Gasteiger partial charge in [0.1, 0.15) is 0 Å². The summed E-state index contributed by atoms with van der Waals surface area (Å²) in [7, 11) is 0. The molecule has 2 N–H and O–H groups in total. The SMILES string of the molecule is NC(CC1CC1)c1csnn1. The highest BCUT2D eigenvalue weighted by atomic mass is 32.1. The van der Waals surface area contributed by atoms with Gasteiger partial charge in [-0.15, -0.1) is 5.10 Å². The summed E-state index contributed by atoms with van der Waals surface area (Å²) in [5.41, 5.74) is 6.84. The van der Waals surface area contributed by atoms with Crippen LogP contribution in [0.1, 0.15) is 31.0 Å². The lowest BCUT2D eigenvalue weighted by Crippen LogP contribution is -2.11. The van der Waals surface area contributed by atoms with Crippen molar-refractivity contribution in [1.82, 2.24) is 9.59 Å². The maximum absolute atomic E-state index is 5.88. The molecule has 1 fully saturated rings. The molecule has 4 heteroatoms. The van der Waals surface area contributed by atoms with Crippen molar-refractivity contribution < 1.29 is 0 Å². The number of hydrogen-bond acceptors (Lipinski definition) is 4. The maximum Gasteiger partial charge on any atom is 0.0922 e. The Hall–Kier alpha value is -0.480. The molecule has 1 aliphatic carbocycles. The molecule has 0 aromatic carbocycles. The molecule has 1 aromatic heterocycles. The van der Waals surface area contributed by atoms with Gasteiger partial charge >= 0.3 is 0 Å². The molecule has 3 nitrogen and oxygen atoms in total. The summed E-state index contributed by atoms with van der Waals surface area (Å²) in [5, 5.41) is 5.88. The molecule has 1 heterocycles. The highest BCUT2D eigenvalue weighted by Crippen LogP contribution is 2.36. The first kappa shape index (κ1) is 7.18. The molecule has 2 rings (SSSR count). The van der Waals surface area contributed by atoms with E-state index in [2.05, 4.69) is 9.59 Å². The van der Waals surface area contributed by atoms with Crippen LogP contribution in [0.3, 0.4) is 0 Å². The third-order valence-electron chi connectivity index (χ3n) is 2.04. The van der Waals surface area contributed by atoms with Crippen LogP contribution in [0, 0.1) is 5.92 Å². The van der Waals surface area contributed by atoms with E-state index in [1.165, 1.54) is 24.4 Å². The van der Waals surface area contributed by atoms with Crippen LogP contribution in [0.15, 0.2) is 5.38 Å². The van der Waals surface area contributed by atoms with E-state index in [-0.39, 0.29) is 6.04 Å². The Morgan fingerprint density at radius 2 is 2.55 bits per heavy atom. The third kappa shape index (κ3) is 1.75. The second-order valence-corrected chi connectivity index (χ2v) is 3.73. The molecule has 0 saturated heterocycles. The number of nitrogens with zero attached hydrogens (tertiary/aromatic N) is 2. The first-order chi connectivity index (χ1) is 5.36. The second kappa shape index (κ2) is 2.87. The summed E-state index contributed by atoms with van der Waals surface area (Å²) in [6.07, 6.45) is 3.79. The molecular weight excluding hydrogens is 158 g/mol. The average Bonchev–Trinajstić information content (AvgIpc) is 2.67. The van der Waals surface area contributed by atoms with Crippen LogP contribution in [0.25, 0.3) is 0 Å². The van der Waals surface area contributed by atoms with Crippen molar-refractivity contribution in [3.8, 4) is 0 Å². The van der Waals surface area contributed by atoms with E-state index in [9.17, 15) is 0 Å². The normalized spacial score (nSPS) is 20.1. The zero-order valence-electron chi connectivity index (χ0n) is 6.23. The number of hydrogen-bond donors (Lipinski definition) is 1. The van der Waals surface area contributed by atoms with Crippen molar-refractivity contribution in [3.63, 3.8) is 0 Å². The van der Waals surface area contributed by atoms with Crippen LogP contribution in [-0.2, 0) is 0 Å². The van der Waals surface area contributed by atoms with E-state index in [0.717, 1.165) is 18.0 Å². The van der Waals surface area contributed by atoms with Gasteiger partial charge in [-0.05, 0) is 23.9 Å². The van der Waals surface area contributed by atoms with Crippen molar-refractivity contribution in [2.24, 2.45) is 11.7 Å². The molecule has 0 bridgehead atoms. The minimum atomic E-state index is 0.126. The van der Waals surface area contributed by atoms with Crippen LogP contribution < -0.4 is 5.73 Å². The summed E-state index contributed by atoms with van der Waals surface area (Å²) in [4.78, 5) is 0. The number of aromatic nitrogens is 2. The van der Waals surface area contributed by atoms with E-state index in [4.69, 9.17) is 5.73 Å². The predicted molar refractivity (Wildman–Crippen MR) is 44.2 cm³/mol. The fourth-order valence-corrected chi connectivity index (χ4v) is 1.69. The molecule has 60 valence electrons. The zero-order valence-corrected chi connectivity index (χ0v) is 7.05. The first-order valence-electron chi connectivity index (χ1n) is 3.89. The Labute approximate surface area is 69.8 Å². The summed E-state index contributed by atoms with van der Waals surface area (Å²) in [6.45, 7) is 0. The van der Waals surface area contributed by atoms with E-state index >= 15 is 0 Å². The van der Waals surface area contributed by atoms with Crippen molar-refractivity contribution in [3.05, 3.63) is 11.1 Å². The Bertz CT molecular complexity index is 218. The van der Waals surface area contributed by atoms with Gasteiger partial charge in [0.15, 0.2) is 0 Å². The highest BCUT2D eigenvalue weighted by Gasteiger charge is 2.25. The van der Waals surface area contributed by atoms with Crippen molar-refractivity contribution in [2.45, 2.75) is 25.3 Å². The van der Waals surface area contributed by atoms with Crippen molar-refractivity contribution in [1.29, 1.82) is 0 Å². The lowest BCUT2D eigenvalue weighted by molar-refractivity contribution is 0.582. The molecule has 1 aliphatic rings. The third-order valence-corrected chi connectivity index (χ3v) is 2.56. The van der Waals surface area contributed by atoms with Gasteiger partial charge in [0, 0.05) is 5.38 Å². The fourth-order valence-electron chi connectivity index (χ4n) is 1.17. The van der Waals surface area contributed by atoms with Crippen molar-refractivity contribution in [2.75, 3.05) is 0 Å². The highest BCUT2D eigenvalue weighted by molar-refractivity contribution is 7.03. The Balaban J connectivity index is 1.93. The van der Waals surface area contributed by atoms with E-state index in [1.54, 1.807) is 0 Å². The molecule has 0 aliphatic heterocycles. The molecular formula is C7H11N3S. The zero-order chi connectivity index (χ0) is 7.68. The molecule has 1 atom stereocenters. The van der Waals surface area contributed by atoms with Crippen LogP contribution in [0.4, 0.5) is 0 Å². The molecule has 0 radical (unpaired) electrons. The van der Waals surface area contributed by atoms with Gasteiger partial charge in [-0.2, -0.15) is 0 Å². The van der Waals surface area contributed by atoms with Crippen LogP contribution in [-0.4, -0.2) is 9.59 Å². The largest absolute Gasteiger partial charge is 0.323 e. The van der Waals surface area contributed by atoms with Crippen LogP contribution in [0.5, 0.6) is 0 Å². The molecule has 11 heavy (non-hydrogen) atoms. The quantitative estimate of drug-likeness (QED) is 0.742. The molecule has 1 saturated carbocycles. The lowest BCUT2D eigenvalue weighted by atomic mass is 10.1. The van der Waals surface area contributed by atoms with E-state index in [0.29, 0.717) is 0 Å². The van der Waals surface area contributed by atoms with Gasteiger partial charge < -0.3 is 5.73 Å². The van der Waals surface area contributed by atoms with Gasteiger partial charge in [-0.3, -0.25) is 0 Å². The molecule has 1 aromatic rings. The minimum Gasteiger partial charge on any atom is -0.323 e. The number of rotatable bonds is 3. The standard InChI is InChI=1S/C7H11N3S/c8-6(3-5-1-2-5)7-4-11-10-9-7/h4-6H,1-3,8H2. The predicted octanol–water partition coefficient (Wildman–Crippen LogP) is 1.34. The first-order valence-corrected chi connectivity index (χ1v) is 4.72. The summed E-state index contributed by atoms with van der Waals surface area (Å²) >= 11 is 1.37. The summed E-state index contributed by atoms with van der Waals surface area (Å²) in [5.74, 6) is 0.867. The van der Waals surface area contributed by atoms with Gasteiger partial charge in [0.2, 0.25) is 0 Å². The molecule has 0 spiro atoms. The molecule has 1 unspecified atom stereocenters. The maximum atomic E-state index is 5.88. The Morgan fingerprint density at radius 3 is 3.09 bits per heavy atom. The van der Waals surface area contributed by atoms with E-state index in [1.807, 2.05) is 5.38 Å². The Kier molecular flexibility index (Phi) is 1.87. The topological polar surface area (TPSA) is 51.8 Å². The molecule has 0 amide bonds. The van der Waals surface area contributed by atoms with Crippen LogP contribution in [0.2, 0.25) is 0 Å². The monoisotopic (exact) mass is 169 g/mol. The second-order valence-electron chi connectivity index (χ2n) is 3.12. The van der Waals surface area contributed by atoms with Gasteiger partial charge in [0.05, 0.1) is 11.7 Å². The van der Waals surface area contributed by atoms with Gasteiger partial charge in [0.25, 0.3) is 0 Å². The minimum absolute atomic E-state index is 0.126. The fraction of sp³-hybridized carbons (Fsp3) is 0.714. The lowest BCUT2D eigenvalue weighted by Gasteiger charge is -2.04. The van der Waals surface area contributed by atoms with Gasteiger partial charge in [-0.1, -0.05) is 17.3 Å². The van der Waals surface area contributed by atoms with Crippen molar-refractivity contribution >= 4 is 11.5 Å².